The van der Waals surface area contributed by atoms with Crippen LogP contribution in [0.5, 0.6) is 0 Å². The SMILES string of the molecule is CC(C)(C)NC(=O)C1COCCN(C(=O)Cc2ccccc2F)C1. The molecule has 1 heterocycles. The van der Waals surface area contributed by atoms with Crippen LogP contribution < -0.4 is 5.32 Å². The number of hydrogen-bond acceptors (Lipinski definition) is 3. The van der Waals surface area contributed by atoms with Crippen molar-refractivity contribution in [2.75, 3.05) is 26.3 Å². The molecule has 1 aromatic carbocycles. The van der Waals surface area contributed by atoms with Gasteiger partial charge >= 0.3 is 0 Å². The van der Waals surface area contributed by atoms with E-state index in [1.165, 1.54) is 6.07 Å². The highest BCUT2D eigenvalue weighted by atomic mass is 19.1. The van der Waals surface area contributed by atoms with E-state index in [9.17, 15) is 14.0 Å². The first-order valence-corrected chi connectivity index (χ1v) is 8.17. The molecule has 0 bridgehead atoms. The molecular weight excluding hydrogens is 311 g/mol. The number of ether oxygens (including phenoxy) is 1. The predicted molar refractivity (Wildman–Crippen MR) is 88.9 cm³/mol. The van der Waals surface area contributed by atoms with Gasteiger partial charge in [-0.2, -0.15) is 0 Å². The van der Waals surface area contributed by atoms with Gasteiger partial charge in [-0.1, -0.05) is 18.2 Å². The van der Waals surface area contributed by atoms with E-state index < -0.39 is 5.92 Å². The summed E-state index contributed by atoms with van der Waals surface area (Å²) < 4.78 is 19.2. The average molecular weight is 336 g/mol. The van der Waals surface area contributed by atoms with E-state index in [4.69, 9.17) is 4.74 Å². The number of benzene rings is 1. The molecular formula is C18H25FN2O3. The molecule has 1 aliphatic heterocycles. The maximum absolute atomic E-state index is 13.7. The molecule has 0 aliphatic carbocycles. The van der Waals surface area contributed by atoms with Gasteiger partial charge in [0.25, 0.3) is 0 Å². The number of halogens is 1. The molecule has 0 spiro atoms. The lowest BCUT2D eigenvalue weighted by atomic mass is 10.0. The van der Waals surface area contributed by atoms with Gasteiger partial charge in [-0.25, -0.2) is 4.39 Å². The average Bonchev–Trinajstić information content (AvgIpc) is 2.74. The van der Waals surface area contributed by atoms with E-state index in [2.05, 4.69) is 5.32 Å². The lowest BCUT2D eigenvalue weighted by molar-refractivity contribution is -0.132. The zero-order chi connectivity index (χ0) is 17.7. The van der Waals surface area contributed by atoms with Crippen molar-refractivity contribution in [3.8, 4) is 0 Å². The van der Waals surface area contributed by atoms with Crippen molar-refractivity contribution in [2.45, 2.75) is 32.7 Å². The Bertz CT molecular complexity index is 598. The molecule has 5 nitrogen and oxygen atoms in total. The number of carbonyl (C=O) groups excluding carboxylic acids is 2. The third-order valence-electron chi connectivity index (χ3n) is 3.79. The van der Waals surface area contributed by atoms with Gasteiger partial charge in [-0.3, -0.25) is 9.59 Å². The summed E-state index contributed by atoms with van der Waals surface area (Å²) in [6.07, 6.45) is -0.0136. The van der Waals surface area contributed by atoms with Crippen LogP contribution in [-0.2, 0) is 20.7 Å². The van der Waals surface area contributed by atoms with Gasteiger partial charge in [-0.15, -0.1) is 0 Å². The number of carbonyl (C=O) groups is 2. The van der Waals surface area contributed by atoms with Gasteiger partial charge in [0.1, 0.15) is 5.82 Å². The summed E-state index contributed by atoms with van der Waals surface area (Å²) >= 11 is 0. The molecule has 2 amide bonds. The van der Waals surface area contributed by atoms with E-state index >= 15 is 0 Å². The summed E-state index contributed by atoms with van der Waals surface area (Å²) in [7, 11) is 0. The Hall–Kier alpha value is -1.95. The second kappa shape index (κ2) is 7.75. The Kier molecular flexibility index (Phi) is 5.94. The lowest BCUT2D eigenvalue weighted by Crippen LogP contribution is -2.48. The molecule has 6 heteroatoms. The van der Waals surface area contributed by atoms with Crippen molar-refractivity contribution in [1.82, 2.24) is 10.2 Å². The second-order valence-electron chi connectivity index (χ2n) is 7.12. The van der Waals surface area contributed by atoms with Crippen LogP contribution in [0.25, 0.3) is 0 Å². The minimum absolute atomic E-state index is 0.0136. The van der Waals surface area contributed by atoms with Crippen LogP contribution in [0.1, 0.15) is 26.3 Å². The molecule has 1 aromatic rings. The minimum atomic E-state index is -0.420. The predicted octanol–water partition coefficient (Wildman–Crippen LogP) is 1.76. The normalized spacial score (nSPS) is 18.8. The fraction of sp³-hybridized carbons (Fsp3) is 0.556. The largest absolute Gasteiger partial charge is 0.379 e. The highest BCUT2D eigenvalue weighted by molar-refractivity contribution is 5.82. The van der Waals surface area contributed by atoms with Crippen LogP contribution in [0.15, 0.2) is 24.3 Å². The van der Waals surface area contributed by atoms with Gasteiger partial charge in [0, 0.05) is 18.6 Å². The van der Waals surface area contributed by atoms with Gasteiger partial charge in [-0.05, 0) is 32.4 Å². The first-order valence-electron chi connectivity index (χ1n) is 8.17. The molecule has 0 saturated carbocycles. The van der Waals surface area contributed by atoms with Crippen LogP contribution in [0.2, 0.25) is 0 Å². The lowest BCUT2D eigenvalue weighted by Gasteiger charge is -2.27. The van der Waals surface area contributed by atoms with Crippen LogP contribution in [0.4, 0.5) is 4.39 Å². The molecule has 1 N–H and O–H groups in total. The molecule has 1 unspecified atom stereocenters. The van der Waals surface area contributed by atoms with Crippen molar-refractivity contribution in [2.24, 2.45) is 5.92 Å². The molecule has 1 aliphatic rings. The first kappa shape index (κ1) is 18.4. The second-order valence-corrected chi connectivity index (χ2v) is 7.12. The maximum Gasteiger partial charge on any atom is 0.227 e. The van der Waals surface area contributed by atoms with Crippen molar-refractivity contribution in [1.29, 1.82) is 0 Å². The molecule has 1 atom stereocenters. The third kappa shape index (κ3) is 5.30. The summed E-state index contributed by atoms with van der Waals surface area (Å²) in [5, 5.41) is 2.92. The van der Waals surface area contributed by atoms with Gasteiger partial charge in [0.2, 0.25) is 11.8 Å². The quantitative estimate of drug-likeness (QED) is 0.915. The van der Waals surface area contributed by atoms with Crippen molar-refractivity contribution in [3.05, 3.63) is 35.6 Å². The molecule has 1 saturated heterocycles. The zero-order valence-corrected chi connectivity index (χ0v) is 14.5. The minimum Gasteiger partial charge on any atom is -0.379 e. The standard InChI is InChI=1S/C18H25FN2O3/c1-18(2,3)20-17(23)14-11-21(8-9-24-12-14)16(22)10-13-6-4-5-7-15(13)19/h4-7,14H,8-12H2,1-3H3,(H,20,23). The Morgan fingerprint density at radius 2 is 2.04 bits per heavy atom. The third-order valence-corrected chi connectivity index (χ3v) is 3.79. The highest BCUT2D eigenvalue weighted by Crippen LogP contribution is 2.13. The van der Waals surface area contributed by atoms with E-state index in [-0.39, 0.29) is 42.7 Å². The topological polar surface area (TPSA) is 58.6 Å². The van der Waals surface area contributed by atoms with Gasteiger partial charge in [0.05, 0.1) is 25.6 Å². The summed E-state index contributed by atoms with van der Waals surface area (Å²) in [4.78, 5) is 26.4. The highest BCUT2D eigenvalue weighted by Gasteiger charge is 2.29. The van der Waals surface area contributed by atoms with Crippen molar-refractivity contribution < 1.29 is 18.7 Å². The van der Waals surface area contributed by atoms with Crippen LogP contribution in [-0.4, -0.2) is 48.6 Å². The Morgan fingerprint density at radius 1 is 1.33 bits per heavy atom. The number of hydrogen-bond donors (Lipinski definition) is 1. The summed E-state index contributed by atoms with van der Waals surface area (Å²) in [6.45, 7) is 7.08. The smallest absolute Gasteiger partial charge is 0.227 e. The van der Waals surface area contributed by atoms with Gasteiger partial charge in [0.15, 0.2) is 0 Å². The van der Waals surface area contributed by atoms with Crippen LogP contribution >= 0.6 is 0 Å². The first-order chi connectivity index (χ1) is 11.3. The molecule has 1 fully saturated rings. The number of rotatable bonds is 3. The number of nitrogens with one attached hydrogen (secondary N) is 1. The summed E-state index contributed by atoms with van der Waals surface area (Å²) in [5.41, 5.74) is 0.0223. The van der Waals surface area contributed by atoms with Crippen LogP contribution in [0.3, 0.4) is 0 Å². The fourth-order valence-corrected chi connectivity index (χ4v) is 2.58. The van der Waals surface area contributed by atoms with E-state index in [1.54, 1.807) is 23.1 Å². The van der Waals surface area contributed by atoms with Gasteiger partial charge < -0.3 is 15.0 Å². The molecule has 2 rings (SSSR count). The summed E-state index contributed by atoms with van der Waals surface area (Å²) in [6, 6.07) is 6.24. The molecule has 132 valence electrons. The van der Waals surface area contributed by atoms with Crippen molar-refractivity contribution in [3.63, 3.8) is 0 Å². The molecule has 24 heavy (non-hydrogen) atoms. The monoisotopic (exact) mass is 336 g/mol. The zero-order valence-electron chi connectivity index (χ0n) is 14.5. The van der Waals surface area contributed by atoms with Crippen molar-refractivity contribution >= 4 is 11.8 Å². The van der Waals surface area contributed by atoms with E-state index in [0.29, 0.717) is 18.7 Å². The molecule has 0 aromatic heterocycles. The Morgan fingerprint density at radius 3 is 2.71 bits per heavy atom. The summed E-state index contributed by atoms with van der Waals surface area (Å²) in [5.74, 6) is -1.14. The van der Waals surface area contributed by atoms with E-state index in [0.717, 1.165) is 0 Å². The molecule has 0 radical (unpaired) electrons. The number of nitrogens with zero attached hydrogens (tertiary/aromatic N) is 1. The Labute approximate surface area is 142 Å². The van der Waals surface area contributed by atoms with Crippen LogP contribution in [0, 0.1) is 11.7 Å². The van der Waals surface area contributed by atoms with E-state index in [1.807, 2.05) is 20.8 Å². The fourth-order valence-electron chi connectivity index (χ4n) is 2.58. The maximum atomic E-state index is 13.7. The number of amides is 2. The Balaban J connectivity index is 2.02.